The molecule has 0 atom stereocenters. The van der Waals surface area contributed by atoms with Crippen molar-refractivity contribution in [3.8, 4) is 11.5 Å². The van der Waals surface area contributed by atoms with Crippen LogP contribution < -0.4 is 14.6 Å². The molecule has 0 fully saturated rings. The van der Waals surface area contributed by atoms with Crippen LogP contribution in [0.15, 0.2) is 41.3 Å². The number of primary sulfonamides is 1. The number of esters is 1. The fourth-order valence-corrected chi connectivity index (χ4v) is 3.24. The number of sulfonamides is 1. The summed E-state index contributed by atoms with van der Waals surface area (Å²) >= 11 is 5.76. The Morgan fingerprint density at radius 1 is 1.07 bits per heavy atom. The molecule has 2 aromatic carbocycles. The summed E-state index contributed by atoms with van der Waals surface area (Å²) < 4.78 is 38.1. The van der Waals surface area contributed by atoms with Gasteiger partial charge in [-0.25, -0.2) is 18.4 Å². The number of hydrogen-bond donors (Lipinski definition) is 1. The van der Waals surface area contributed by atoms with E-state index < -0.39 is 33.3 Å². The van der Waals surface area contributed by atoms with Gasteiger partial charge >= 0.3 is 5.97 Å². The van der Waals surface area contributed by atoms with Crippen molar-refractivity contribution in [1.29, 1.82) is 0 Å². The van der Waals surface area contributed by atoms with Gasteiger partial charge in [0.15, 0.2) is 6.61 Å². The monoisotopic (exact) mass is 413 g/mol. The summed E-state index contributed by atoms with van der Waals surface area (Å²) in [7, 11) is -1.28. The minimum atomic E-state index is -4.12. The molecule has 10 heteroatoms. The minimum absolute atomic E-state index is 0.117. The smallest absolute Gasteiger partial charge is 0.338 e. The van der Waals surface area contributed by atoms with Crippen LogP contribution in [0.4, 0.5) is 0 Å². The highest BCUT2D eigenvalue weighted by atomic mass is 35.5. The topological polar surface area (TPSA) is 122 Å². The lowest BCUT2D eigenvalue weighted by Crippen LogP contribution is -2.17. The van der Waals surface area contributed by atoms with Crippen LogP contribution in [0.3, 0.4) is 0 Å². The summed E-state index contributed by atoms with van der Waals surface area (Å²) in [6.07, 6.45) is 0. The molecule has 2 rings (SSSR count). The van der Waals surface area contributed by atoms with Gasteiger partial charge in [-0.2, -0.15) is 0 Å². The Hall–Kier alpha value is -2.62. The third-order valence-corrected chi connectivity index (χ3v) is 4.91. The maximum Gasteiger partial charge on any atom is 0.338 e. The number of ketones is 1. The predicted molar refractivity (Wildman–Crippen MR) is 97.0 cm³/mol. The summed E-state index contributed by atoms with van der Waals surface area (Å²) in [4.78, 5) is 24.1. The summed E-state index contributed by atoms with van der Waals surface area (Å²) in [6, 6.07) is 8.06. The lowest BCUT2D eigenvalue weighted by atomic mass is 10.1. The Morgan fingerprint density at radius 3 is 2.37 bits per heavy atom. The van der Waals surface area contributed by atoms with Crippen molar-refractivity contribution in [3.05, 3.63) is 52.5 Å². The highest BCUT2D eigenvalue weighted by molar-refractivity contribution is 7.89. The quantitative estimate of drug-likeness (QED) is 0.544. The first kappa shape index (κ1) is 20.7. The number of carbonyl (C=O) groups is 2. The highest BCUT2D eigenvalue weighted by Crippen LogP contribution is 2.25. The van der Waals surface area contributed by atoms with E-state index in [1.807, 2.05) is 0 Å². The summed E-state index contributed by atoms with van der Waals surface area (Å²) in [5.74, 6) is -0.715. The van der Waals surface area contributed by atoms with Crippen LogP contribution in [0.5, 0.6) is 11.5 Å². The van der Waals surface area contributed by atoms with Crippen molar-refractivity contribution < 1.29 is 32.2 Å². The molecular weight excluding hydrogens is 398 g/mol. The van der Waals surface area contributed by atoms with Gasteiger partial charge in [-0.1, -0.05) is 11.6 Å². The Balaban J connectivity index is 2.18. The molecule has 0 spiro atoms. The average Bonchev–Trinajstić information content (AvgIpc) is 2.64. The second-order valence-electron chi connectivity index (χ2n) is 5.26. The standard InChI is InChI=1S/C17H16ClNO7S/c1-24-11-4-6-15(25-2)12(8-11)14(20)9-26-17(21)10-3-5-13(18)16(7-10)27(19,22)23/h3-8H,9H2,1-2H3,(H2,19,22,23). The van der Waals surface area contributed by atoms with Gasteiger partial charge in [0.25, 0.3) is 0 Å². The Bertz CT molecular complexity index is 989. The number of halogens is 1. The van der Waals surface area contributed by atoms with Crippen molar-refractivity contribution in [2.24, 2.45) is 5.14 Å². The van der Waals surface area contributed by atoms with E-state index in [-0.39, 0.29) is 16.1 Å². The first-order valence-electron chi connectivity index (χ1n) is 7.42. The molecule has 0 aliphatic carbocycles. The van der Waals surface area contributed by atoms with Gasteiger partial charge in [-0.3, -0.25) is 4.79 Å². The first-order valence-corrected chi connectivity index (χ1v) is 9.34. The van der Waals surface area contributed by atoms with E-state index >= 15 is 0 Å². The molecule has 0 radical (unpaired) electrons. The normalized spacial score (nSPS) is 11.0. The van der Waals surface area contributed by atoms with Crippen LogP contribution in [0, 0.1) is 0 Å². The van der Waals surface area contributed by atoms with Crippen molar-refractivity contribution in [3.63, 3.8) is 0 Å². The number of nitrogens with two attached hydrogens (primary N) is 1. The van der Waals surface area contributed by atoms with Gasteiger partial charge in [0, 0.05) is 0 Å². The molecule has 27 heavy (non-hydrogen) atoms. The second-order valence-corrected chi connectivity index (χ2v) is 7.19. The molecule has 0 amide bonds. The lowest BCUT2D eigenvalue weighted by molar-refractivity contribution is 0.0473. The van der Waals surface area contributed by atoms with Crippen molar-refractivity contribution in [2.45, 2.75) is 4.90 Å². The third-order valence-electron chi connectivity index (χ3n) is 3.51. The maximum atomic E-state index is 12.4. The van der Waals surface area contributed by atoms with Crippen molar-refractivity contribution in [2.75, 3.05) is 20.8 Å². The maximum absolute atomic E-state index is 12.4. The van der Waals surface area contributed by atoms with Gasteiger partial charge in [0.2, 0.25) is 15.8 Å². The zero-order chi connectivity index (χ0) is 20.2. The minimum Gasteiger partial charge on any atom is -0.497 e. The molecule has 0 saturated heterocycles. The summed E-state index contributed by atoms with van der Waals surface area (Å²) in [5, 5.41) is 4.91. The highest BCUT2D eigenvalue weighted by Gasteiger charge is 2.19. The Kier molecular flexibility index (Phi) is 6.42. The van der Waals surface area contributed by atoms with Gasteiger partial charge in [-0.15, -0.1) is 0 Å². The molecule has 0 aromatic heterocycles. The number of hydrogen-bond acceptors (Lipinski definition) is 7. The number of Topliss-reactive ketones (excluding diaryl/α,β-unsaturated/α-hetero) is 1. The van der Waals surface area contributed by atoms with E-state index in [1.165, 1.54) is 32.4 Å². The number of carbonyl (C=O) groups excluding carboxylic acids is 2. The first-order chi connectivity index (χ1) is 12.7. The van der Waals surface area contributed by atoms with Crippen LogP contribution in [0.1, 0.15) is 20.7 Å². The van der Waals surface area contributed by atoms with Crippen LogP contribution in [-0.4, -0.2) is 41.0 Å². The lowest BCUT2D eigenvalue weighted by Gasteiger charge is -2.10. The molecule has 0 aliphatic rings. The van der Waals surface area contributed by atoms with E-state index in [4.69, 9.17) is 31.0 Å². The van der Waals surface area contributed by atoms with Gasteiger partial charge < -0.3 is 14.2 Å². The number of benzene rings is 2. The van der Waals surface area contributed by atoms with Crippen LogP contribution in [0.2, 0.25) is 5.02 Å². The molecule has 0 unspecified atom stereocenters. The van der Waals surface area contributed by atoms with E-state index in [0.717, 1.165) is 6.07 Å². The van der Waals surface area contributed by atoms with Crippen molar-refractivity contribution >= 4 is 33.4 Å². The van der Waals surface area contributed by atoms with Crippen LogP contribution in [-0.2, 0) is 14.8 Å². The number of ether oxygens (including phenoxy) is 3. The molecule has 0 saturated carbocycles. The fraction of sp³-hybridized carbons (Fsp3) is 0.176. The molecule has 144 valence electrons. The average molecular weight is 414 g/mol. The van der Waals surface area contributed by atoms with Gasteiger partial charge in [-0.05, 0) is 36.4 Å². The van der Waals surface area contributed by atoms with E-state index in [0.29, 0.717) is 11.5 Å². The zero-order valence-electron chi connectivity index (χ0n) is 14.4. The predicted octanol–water partition coefficient (Wildman–Crippen LogP) is 2.04. The largest absolute Gasteiger partial charge is 0.497 e. The molecule has 0 heterocycles. The number of rotatable bonds is 7. The SMILES string of the molecule is COc1ccc(OC)c(C(=O)COC(=O)c2ccc(Cl)c(S(N)(=O)=O)c2)c1. The summed E-state index contributed by atoms with van der Waals surface area (Å²) in [5.41, 5.74) is 0.0554. The Labute approximate surface area is 160 Å². The van der Waals surface area contributed by atoms with E-state index in [2.05, 4.69) is 0 Å². The molecule has 2 N–H and O–H groups in total. The van der Waals surface area contributed by atoms with E-state index in [1.54, 1.807) is 12.1 Å². The van der Waals surface area contributed by atoms with Crippen molar-refractivity contribution in [1.82, 2.24) is 0 Å². The van der Waals surface area contributed by atoms with Crippen LogP contribution in [0.25, 0.3) is 0 Å². The Morgan fingerprint density at radius 2 is 1.78 bits per heavy atom. The molecule has 2 aromatic rings. The molecule has 0 aliphatic heterocycles. The second kappa shape index (κ2) is 8.38. The third kappa shape index (κ3) is 4.97. The fourth-order valence-electron chi connectivity index (χ4n) is 2.17. The number of methoxy groups -OCH3 is 2. The molecule has 0 bridgehead atoms. The molecule has 8 nitrogen and oxygen atoms in total. The van der Waals surface area contributed by atoms with Crippen LogP contribution >= 0.6 is 11.6 Å². The van der Waals surface area contributed by atoms with Gasteiger partial charge in [0.1, 0.15) is 16.4 Å². The van der Waals surface area contributed by atoms with E-state index in [9.17, 15) is 18.0 Å². The summed E-state index contributed by atoms with van der Waals surface area (Å²) in [6.45, 7) is -0.588. The van der Waals surface area contributed by atoms with Gasteiger partial charge in [0.05, 0.1) is 30.4 Å². The zero-order valence-corrected chi connectivity index (χ0v) is 16.0. The molecular formula is C17H16ClNO7S.